The van der Waals surface area contributed by atoms with Gasteiger partial charge in [-0.2, -0.15) is 0 Å². The summed E-state index contributed by atoms with van der Waals surface area (Å²) in [7, 11) is 2.77. The van der Waals surface area contributed by atoms with Crippen LogP contribution in [0.15, 0.2) is 24.3 Å². The highest BCUT2D eigenvalue weighted by molar-refractivity contribution is 5.89. The van der Waals surface area contributed by atoms with E-state index in [9.17, 15) is 9.59 Å². The molecule has 1 atom stereocenters. The molecule has 0 aliphatic carbocycles. The largest absolute Gasteiger partial charge is 0.481 e. The molecule has 3 rings (SSSR count). The van der Waals surface area contributed by atoms with Crippen LogP contribution in [0.25, 0.3) is 10.9 Å². The van der Waals surface area contributed by atoms with Gasteiger partial charge in [-0.1, -0.05) is 0 Å². The number of piperazine rings is 1. The van der Waals surface area contributed by atoms with Gasteiger partial charge in [-0.05, 0) is 39.0 Å². The van der Waals surface area contributed by atoms with Crippen molar-refractivity contribution in [3.63, 3.8) is 0 Å². The van der Waals surface area contributed by atoms with Gasteiger partial charge in [0.15, 0.2) is 0 Å². The first-order chi connectivity index (χ1) is 15.1. The van der Waals surface area contributed by atoms with Crippen LogP contribution in [0.2, 0.25) is 0 Å². The van der Waals surface area contributed by atoms with Gasteiger partial charge >= 0.3 is 12.1 Å². The molecule has 0 N–H and O–H groups in total. The van der Waals surface area contributed by atoms with Crippen molar-refractivity contribution in [1.29, 1.82) is 0 Å². The number of hydrogen-bond donors (Lipinski definition) is 0. The second-order valence-electron chi connectivity index (χ2n) is 8.73. The summed E-state index contributed by atoms with van der Waals surface area (Å²) in [4.78, 5) is 33.1. The summed E-state index contributed by atoms with van der Waals surface area (Å²) in [5, 5.41) is 0.700. The monoisotopic (exact) mass is 447 g/mol. The smallest absolute Gasteiger partial charge is 0.410 e. The minimum absolute atomic E-state index is 0.183. The number of benzene rings is 1. The highest BCUT2D eigenvalue weighted by atomic mass is 19.1. The van der Waals surface area contributed by atoms with Crippen LogP contribution in [0, 0.1) is 5.82 Å². The molecule has 1 fully saturated rings. The minimum Gasteiger partial charge on any atom is -0.481 e. The number of methoxy groups -OCH3 is 2. The van der Waals surface area contributed by atoms with Gasteiger partial charge < -0.3 is 19.1 Å². The zero-order chi connectivity index (χ0) is 23.5. The molecule has 2 heterocycles. The average Bonchev–Trinajstić information content (AvgIpc) is 2.76. The number of nitrogens with zero attached hydrogens (tertiary/aromatic N) is 3. The molecule has 1 aliphatic heterocycles. The van der Waals surface area contributed by atoms with Crippen molar-refractivity contribution in [1.82, 2.24) is 14.8 Å². The van der Waals surface area contributed by atoms with Crippen LogP contribution in [0.5, 0.6) is 5.88 Å². The second-order valence-corrected chi connectivity index (χ2v) is 8.73. The summed E-state index contributed by atoms with van der Waals surface area (Å²) < 4.78 is 30.6. The van der Waals surface area contributed by atoms with Crippen LogP contribution in [0.4, 0.5) is 9.18 Å². The third-order valence-electron chi connectivity index (χ3n) is 5.33. The first kappa shape index (κ1) is 23.7. The zero-order valence-electron chi connectivity index (χ0n) is 19.2. The summed E-state index contributed by atoms with van der Waals surface area (Å²) in [5.74, 6) is -1.62. The number of halogens is 1. The topological polar surface area (TPSA) is 81.2 Å². The van der Waals surface area contributed by atoms with E-state index in [-0.39, 0.29) is 18.2 Å². The van der Waals surface area contributed by atoms with Crippen LogP contribution in [0.3, 0.4) is 0 Å². The molecule has 0 radical (unpaired) electrons. The lowest BCUT2D eigenvalue weighted by molar-refractivity contribution is -0.143. The number of pyridine rings is 1. The number of fused-ring (bicyclic) bond motifs is 1. The Kier molecular flexibility index (Phi) is 7.18. The lowest BCUT2D eigenvalue weighted by Crippen LogP contribution is -2.51. The third kappa shape index (κ3) is 5.45. The Bertz CT molecular complexity index is 983. The maximum atomic E-state index is 15.0. The molecule has 0 spiro atoms. The predicted octanol–water partition coefficient (Wildman–Crippen LogP) is 3.19. The van der Waals surface area contributed by atoms with Gasteiger partial charge in [0.05, 0.1) is 25.7 Å². The molecule has 0 saturated carbocycles. The van der Waals surface area contributed by atoms with Gasteiger partial charge in [-0.15, -0.1) is 0 Å². The molecule has 1 saturated heterocycles. The molecule has 2 aromatic rings. The molecule has 1 unspecified atom stereocenters. The number of ether oxygens (including phenoxy) is 3. The number of amides is 1. The zero-order valence-corrected chi connectivity index (χ0v) is 19.2. The van der Waals surface area contributed by atoms with Gasteiger partial charge in [0.25, 0.3) is 0 Å². The Morgan fingerprint density at radius 1 is 1.09 bits per heavy atom. The van der Waals surface area contributed by atoms with Crippen molar-refractivity contribution >= 4 is 23.0 Å². The minimum atomic E-state index is -0.878. The van der Waals surface area contributed by atoms with Crippen molar-refractivity contribution in [2.24, 2.45) is 0 Å². The number of esters is 1. The summed E-state index contributed by atoms with van der Waals surface area (Å²) in [6.45, 7) is 7.66. The molecule has 0 bridgehead atoms. The van der Waals surface area contributed by atoms with Crippen molar-refractivity contribution in [2.75, 3.05) is 46.9 Å². The molecule has 1 aromatic heterocycles. The molecular formula is C23H30FN3O5. The molecule has 1 amide bonds. The number of carbonyl (C=O) groups is 2. The van der Waals surface area contributed by atoms with Gasteiger partial charge in [-0.3, -0.25) is 9.69 Å². The molecule has 174 valence electrons. The molecule has 1 aliphatic rings. The van der Waals surface area contributed by atoms with Crippen molar-refractivity contribution in [3.8, 4) is 5.88 Å². The van der Waals surface area contributed by atoms with E-state index in [1.165, 1.54) is 20.3 Å². The fourth-order valence-electron chi connectivity index (χ4n) is 3.74. The third-order valence-corrected chi connectivity index (χ3v) is 5.33. The van der Waals surface area contributed by atoms with Gasteiger partial charge in [0, 0.05) is 49.7 Å². The molecule has 32 heavy (non-hydrogen) atoms. The Morgan fingerprint density at radius 2 is 1.75 bits per heavy atom. The van der Waals surface area contributed by atoms with E-state index in [4.69, 9.17) is 14.2 Å². The van der Waals surface area contributed by atoms with Crippen LogP contribution in [-0.4, -0.2) is 79.4 Å². The summed E-state index contributed by atoms with van der Waals surface area (Å²) >= 11 is 0. The molecule has 8 nitrogen and oxygen atoms in total. The van der Waals surface area contributed by atoms with Gasteiger partial charge in [0.1, 0.15) is 11.4 Å². The number of carbonyl (C=O) groups excluding carboxylic acids is 2. The van der Waals surface area contributed by atoms with Crippen molar-refractivity contribution < 1.29 is 28.2 Å². The standard InChI is InChI=1S/C23H30FN3O5/c1-23(2,3)32-22(29)27-12-10-26(11-13-27)14-16(21(28)31-5)19-17(24)8-6-15-7-9-18(30-4)25-20(15)19/h6-9,16H,10-14H2,1-5H3. The Labute approximate surface area is 187 Å². The number of rotatable bonds is 5. The van der Waals surface area contributed by atoms with E-state index in [0.717, 1.165) is 0 Å². The van der Waals surface area contributed by atoms with E-state index in [2.05, 4.69) is 4.98 Å². The fraction of sp³-hybridized carbons (Fsp3) is 0.522. The Balaban J connectivity index is 1.82. The Morgan fingerprint density at radius 3 is 2.34 bits per heavy atom. The first-order valence-electron chi connectivity index (χ1n) is 10.5. The maximum absolute atomic E-state index is 15.0. The fourth-order valence-corrected chi connectivity index (χ4v) is 3.74. The first-order valence-corrected chi connectivity index (χ1v) is 10.5. The number of hydrogen-bond acceptors (Lipinski definition) is 7. The SMILES string of the molecule is COC(=O)C(CN1CCN(C(=O)OC(C)(C)C)CC1)c1c(F)ccc2ccc(OC)nc12. The Hall–Kier alpha value is -2.94. The predicted molar refractivity (Wildman–Crippen MR) is 117 cm³/mol. The van der Waals surface area contributed by atoms with Crippen molar-refractivity contribution in [2.45, 2.75) is 32.3 Å². The van der Waals surface area contributed by atoms with E-state index in [1.807, 2.05) is 25.7 Å². The van der Waals surface area contributed by atoms with Crippen LogP contribution in [-0.2, 0) is 14.3 Å². The summed E-state index contributed by atoms with van der Waals surface area (Å²) in [6.07, 6.45) is -0.363. The normalized spacial score (nSPS) is 16.0. The van der Waals surface area contributed by atoms with Gasteiger partial charge in [0.2, 0.25) is 5.88 Å². The average molecular weight is 448 g/mol. The molecule has 9 heteroatoms. The second kappa shape index (κ2) is 9.68. The quantitative estimate of drug-likeness (QED) is 0.651. The van der Waals surface area contributed by atoms with Crippen LogP contribution in [0.1, 0.15) is 32.3 Å². The molecular weight excluding hydrogens is 417 g/mol. The number of aromatic nitrogens is 1. The van der Waals surface area contributed by atoms with E-state index < -0.39 is 23.3 Å². The highest BCUT2D eigenvalue weighted by Crippen LogP contribution is 2.31. The highest BCUT2D eigenvalue weighted by Gasteiger charge is 2.32. The van der Waals surface area contributed by atoms with Crippen LogP contribution < -0.4 is 4.74 Å². The van der Waals surface area contributed by atoms with Crippen molar-refractivity contribution in [3.05, 3.63) is 35.6 Å². The van der Waals surface area contributed by atoms with E-state index in [0.29, 0.717) is 43.0 Å². The lowest BCUT2D eigenvalue weighted by atomic mass is 9.94. The summed E-state index contributed by atoms with van der Waals surface area (Å²) in [5.41, 5.74) is -0.0144. The molecule has 1 aromatic carbocycles. The van der Waals surface area contributed by atoms with E-state index in [1.54, 1.807) is 23.1 Å². The maximum Gasteiger partial charge on any atom is 0.410 e. The van der Waals surface area contributed by atoms with Crippen LogP contribution >= 0.6 is 0 Å². The van der Waals surface area contributed by atoms with Gasteiger partial charge in [-0.25, -0.2) is 14.2 Å². The summed E-state index contributed by atoms with van der Waals surface area (Å²) in [6, 6.07) is 6.42. The lowest BCUT2D eigenvalue weighted by Gasteiger charge is -2.36. The van der Waals surface area contributed by atoms with E-state index >= 15 is 4.39 Å².